The first-order valence-electron chi connectivity index (χ1n) is 6.58. The van der Waals surface area contributed by atoms with Crippen molar-refractivity contribution in [3.05, 3.63) is 35.1 Å². The number of benzene rings is 1. The van der Waals surface area contributed by atoms with Crippen LogP contribution in [0.15, 0.2) is 18.2 Å². The van der Waals surface area contributed by atoms with Gasteiger partial charge in [0.2, 0.25) is 0 Å². The molecule has 0 fully saturated rings. The predicted octanol–water partition coefficient (Wildman–Crippen LogP) is 2.86. The Morgan fingerprint density at radius 2 is 1.95 bits per heavy atom. The lowest BCUT2D eigenvalue weighted by Crippen LogP contribution is -2.53. The Morgan fingerprint density at radius 3 is 2.37 bits per heavy atom. The summed E-state index contributed by atoms with van der Waals surface area (Å²) in [5, 5.41) is 9.53. The molecule has 1 aromatic rings. The Kier molecular flexibility index (Phi) is 5.06. The fraction of sp³-hybridized carbons (Fsp3) is 0.533. The third-order valence-electron chi connectivity index (χ3n) is 3.69. The highest BCUT2D eigenvalue weighted by atomic mass is 19.1. The second kappa shape index (κ2) is 6.15. The highest BCUT2D eigenvalue weighted by Gasteiger charge is 2.38. The maximum Gasteiger partial charge on any atom is 0.324 e. The minimum atomic E-state index is -0.965. The summed E-state index contributed by atoms with van der Waals surface area (Å²) in [6, 6.07) is 4.78. The molecule has 0 heterocycles. The maximum absolute atomic E-state index is 13.3. The lowest BCUT2D eigenvalue weighted by Gasteiger charge is -2.36. The zero-order valence-corrected chi connectivity index (χ0v) is 12.0. The first-order chi connectivity index (χ1) is 8.85. The van der Waals surface area contributed by atoms with Gasteiger partial charge in [0.25, 0.3) is 0 Å². The Hall–Kier alpha value is -1.42. The van der Waals surface area contributed by atoms with Crippen LogP contribution in [0.2, 0.25) is 0 Å². The van der Waals surface area contributed by atoms with Crippen LogP contribution in [0.3, 0.4) is 0 Å². The van der Waals surface area contributed by atoms with Gasteiger partial charge >= 0.3 is 5.97 Å². The topological polar surface area (TPSA) is 40.5 Å². The predicted molar refractivity (Wildman–Crippen MR) is 73.8 cm³/mol. The molecule has 0 aliphatic heterocycles. The number of hydrogen-bond acceptors (Lipinski definition) is 2. The molecule has 106 valence electrons. The summed E-state index contributed by atoms with van der Waals surface area (Å²) in [5.41, 5.74) is 0.425. The van der Waals surface area contributed by atoms with E-state index in [1.165, 1.54) is 6.07 Å². The van der Waals surface area contributed by atoms with Crippen molar-refractivity contribution in [1.82, 2.24) is 4.90 Å². The second-order valence-corrected chi connectivity index (χ2v) is 5.01. The number of nitrogens with zero attached hydrogens (tertiary/aromatic N) is 1. The Morgan fingerprint density at radius 1 is 1.37 bits per heavy atom. The van der Waals surface area contributed by atoms with E-state index in [-0.39, 0.29) is 5.82 Å². The number of likely N-dealkylation sites (N-methyl/N-ethyl adjacent to an activating group) is 1. The molecular formula is C15H22FNO2. The van der Waals surface area contributed by atoms with Crippen LogP contribution in [-0.4, -0.2) is 34.6 Å². The van der Waals surface area contributed by atoms with E-state index in [1.54, 1.807) is 26.0 Å². The summed E-state index contributed by atoms with van der Waals surface area (Å²) in [4.78, 5) is 13.5. The zero-order valence-electron chi connectivity index (χ0n) is 12.0. The number of aryl methyl sites for hydroxylation is 1. The van der Waals surface area contributed by atoms with Crippen molar-refractivity contribution < 1.29 is 14.3 Å². The van der Waals surface area contributed by atoms with Crippen LogP contribution in [0, 0.1) is 12.7 Å². The Balaban J connectivity index is 3.07. The van der Waals surface area contributed by atoms with E-state index in [2.05, 4.69) is 0 Å². The summed E-state index contributed by atoms with van der Waals surface area (Å²) in [6.07, 6.45) is 0.366. The molecule has 4 heteroatoms. The van der Waals surface area contributed by atoms with Crippen LogP contribution < -0.4 is 0 Å². The lowest BCUT2D eigenvalue weighted by atomic mass is 9.90. The number of halogens is 1. The first kappa shape index (κ1) is 15.6. The fourth-order valence-corrected chi connectivity index (χ4v) is 2.46. The van der Waals surface area contributed by atoms with Gasteiger partial charge in [0.1, 0.15) is 11.4 Å². The SMILES string of the molecule is CCN(CC)C(C)(Cc1ccc(F)c(C)c1)C(=O)O. The quantitative estimate of drug-likeness (QED) is 0.861. The number of carbonyl (C=O) groups is 1. The summed E-state index contributed by atoms with van der Waals surface area (Å²) in [7, 11) is 0. The average Bonchev–Trinajstić information content (AvgIpc) is 2.35. The van der Waals surface area contributed by atoms with Crippen LogP contribution >= 0.6 is 0 Å². The van der Waals surface area contributed by atoms with E-state index in [4.69, 9.17) is 0 Å². The van der Waals surface area contributed by atoms with Crippen molar-refractivity contribution in [2.75, 3.05) is 13.1 Å². The molecule has 1 N–H and O–H groups in total. The molecule has 0 saturated carbocycles. The van der Waals surface area contributed by atoms with Crippen molar-refractivity contribution in [3.63, 3.8) is 0 Å². The lowest BCUT2D eigenvalue weighted by molar-refractivity contribution is -0.150. The van der Waals surface area contributed by atoms with Crippen LogP contribution in [0.25, 0.3) is 0 Å². The average molecular weight is 267 g/mol. The van der Waals surface area contributed by atoms with Gasteiger partial charge in [-0.1, -0.05) is 26.0 Å². The molecule has 1 atom stereocenters. The van der Waals surface area contributed by atoms with Crippen molar-refractivity contribution >= 4 is 5.97 Å². The molecule has 0 spiro atoms. The van der Waals surface area contributed by atoms with Crippen molar-refractivity contribution in [2.45, 2.75) is 39.7 Å². The molecule has 0 amide bonds. The molecule has 0 bridgehead atoms. The monoisotopic (exact) mass is 267 g/mol. The number of hydrogen-bond donors (Lipinski definition) is 1. The van der Waals surface area contributed by atoms with Gasteiger partial charge < -0.3 is 5.11 Å². The number of carboxylic acid groups (broad SMARTS) is 1. The molecular weight excluding hydrogens is 245 g/mol. The minimum Gasteiger partial charge on any atom is -0.480 e. The van der Waals surface area contributed by atoms with E-state index in [0.717, 1.165) is 5.56 Å². The maximum atomic E-state index is 13.3. The van der Waals surface area contributed by atoms with Crippen molar-refractivity contribution in [2.24, 2.45) is 0 Å². The van der Waals surface area contributed by atoms with E-state index in [1.807, 2.05) is 18.7 Å². The standard InChI is InChI=1S/C15H22FNO2/c1-5-17(6-2)15(4,14(18)19)10-12-7-8-13(16)11(3)9-12/h7-9H,5-6,10H2,1-4H3,(H,18,19). The third kappa shape index (κ3) is 3.32. The van der Waals surface area contributed by atoms with Gasteiger partial charge in [-0.2, -0.15) is 0 Å². The minimum absolute atomic E-state index is 0.261. The number of carboxylic acids is 1. The molecule has 19 heavy (non-hydrogen) atoms. The molecule has 3 nitrogen and oxygen atoms in total. The molecule has 1 rings (SSSR count). The fourth-order valence-electron chi connectivity index (χ4n) is 2.46. The Bertz CT molecular complexity index is 457. The summed E-state index contributed by atoms with van der Waals surface area (Å²) < 4.78 is 13.3. The molecule has 0 aromatic heterocycles. The van der Waals surface area contributed by atoms with E-state index in [0.29, 0.717) is 25.1 Å². The highest BCUT2D eigenvalue weighted by molar-refractivity contribution is 5.78. The molecule has 0 aliphatic carbocycles. The van der Waals surface area contributed by atoms with Crippen molar-refractivity contribution in [3.8, 4) is 0 Å². The van der Waals surface area contributed by atoms with Gasteiger partial charge in [-0.15, -0.1) is 0 Å². The van der Waals surface area contributed by atoms with Gasteiger partial charge in [-0.05, 0) is 44.1 Å². The summed E-state index contributed by atoms with van der Waals surface area (Å²) in [5.74, 6) is -1.11. The smallest absolute Gasteiger partial charge is 0.324 e. The van der Waals surface area contributed by atoms with Gasteiger partial charge in [-0.3, -0.25) is 9.69 Å². The molecule has 0 radical (unpaired) electrons. The van der Waals surface area contributed by atoms with Gasteiger partial charge in [0.05, 0.1) is 0 Å². The molecule has 1 aromatic carbocycles. The number of rotatable bonds is 6. The van der Waals surface area contributed by atoms with Gasteiger partial charge in [0, 0.05) is 6.42 Å². The molecule has 0 aliphatic rings. The van der Waals surface area contributed by atoms with Crippen LogP contribution in [0.5, 0.6) is 0 Å². The van der Waals surface area contributed by atoms with Crippen LogP contribution in [0.1, 0.15) is 31.9 Å². The third-order valence-corrected chi connectivity index (χ3v) is 3.69. The van der Waals surface area contributed by atoms with Gasteiger partial charge in [-0.25, -0.2) is 4.39 Å². The number of aliphatic carboxylic acids is 1. The van der Waals surface area contributed by atoms with Crippen molar-refractivity contribution in [1.29, 1.82) is 0 Å². The van der Waals surface area contributed by atoms with Crippen LogP contribution in [0.4, 0.5) is 4.39 Å². The van der Waals surface area contributed by atoms with E-state index < -0.39 is 11.5 Å². The largest absolute Gasteiger partial charge is 0.480 e. The highest BCUT2D eigenvalue weighted by Crippen LogP contribution is 2.22. The molecule has 1 unspecified atom stereocenters. The first-order valence-corrected chi connectivity index (χ1v) is 6.58. The van der Waals surface area contributed by atoms with Crippen LogP contribution in [-0.2, 0) is 11.2 Å². The van der Waals surface area contributed by atoms with Gasteiger partial charge in [0.15, 0.2) is 0 Å². The zero-order chi connectivity index (χ0) is 14.6. The van der Waals surface area contributed by atoms with E-state index >= 15 is 0 Å². The molecule has 0 saturated heterocycles. The Labute approximate surface area is 114 Å². The second-order valence-electron chi connectivity index (χ2n) is 5.01. The van der Waals surface area contributed by atoms with E-state index in [9.17, 15) is 14.3 Å². The normalized spacial score (nSPS) is 14.4. The summed E-state index contributed by atoms with van der Waals surface area (Å²) in [6.45, 7) is 8.63. The summed E-state index contributed by atoms with van der Waals surface area (Å²) >= 11 is 0.